The SMILES string of the molecule is CC(CS(C)=O)NC(=O)Nc1cc(C(=O)O)ccc1F. The summed E-state index contributed by atoms with van der Waals surface area (Å²) in [6.45, 7) is 1.66. The van der Waals surface area contributed by atoms with Crippen LogP contribution in [0.2, 0.25) is 0 Å². The lowest BCUT2D eigenvalue weighted by Gasteiger charge is -2.14. The van der Waals surface area contributed by atoms with Gasteiger partial charge in [-0.1, -0.05) is 0 Å². The number of halogens is 1. The Bertz CT molecular complexity index is 550. The van der Waals surface area contributed by atoms with Crippen LogP contribution >= 0.6 is 0 Å². The van der Waals surface area contributed by atoms with E-state index in [1.54, 1.807) is 6.92 Å². The van der Waals surface area contributed by atoms with Gasteiger partial charge in [-0.05, 0) is 25.1 Å². The Labute approximate surface area is 117 Å². The van der Waals surface area contributed by atoms with Crippen molar-refractivity contribution in [2.24, 2.45) is 0 Å². The number of carboxylic acid groups (broad SMARTS) is 1. The predicted octanol–water partition coefficient (Wildman–Crippen LogP) is 1.41. The van der Waals surface area contributed by atoms with E-state index < -0.39 is 28.6 Å². The van der Waals surface area contributed by atoms with E-state index in [0.717, 1.165) is 18.2 Å². The van der Waals surface area contributed by atoms with Gasteiger partial charge in [0, 0.05) is 28.9 Å². The maximum Gasteiger partial charge on any atom is 0.335 e. The van der Waals surface area contributed by atoms with Crippen molar-refractivity contribution in [1.82, 2.24) is 5.32 Å². The molecule has 20 heavy (non-hydrogen) atoms. The number of hydrogen-bond acceptors (Lipinski definition) is 3. The number of carboxylic acids is 1. The van der Waals surface area contributed by atoms with Crippen molar-refractivity contribution in [3.63, 3.8) is 0 Å². The normalized spacial score (nSPS) is 13.3. The average Bonchev–Trinajstić information content (AvgIpc) is 2.30. The first kappa shape index (κ1) is 16.1. The van der Waals surface area contributed by atoms with Crippen LogP contribution in [0.15, 0.2) is 18.2 Å². The van der Waals surface area contributed by atoms with E-state index in [-0.39, 0.29) is 23.0 Å². The van der Waals surface area contributed by atoms with Gasteiger partial charge in [0.2, 0.25) is 0 Å². The van der Waals surface area contributed by atoms with Gasteiger partial charge in [-0.25, -0.2) is 14.0 Å². The number of anilines is 1. The van der Waals surface area contributed by atoms with Crippen molar-refractivity contribution in [2.75, 3.05) is 17.3 Å². The molecule has 0 fully saturated rings. The smallest absolute Gasteiger partial charge is 0.335 e. The van der Waals surface area contributed by atoms with Gasteiger partial charge in [0.1, 0.15) is 5.82 Å². The second-order valence-electron chi connectivity index (χ2n) is 4.24. The zero-order valence-corrected chi connectivity index (χ0v) is 11.8. The highest BCUT2D eigenvalue weighted by molar-refractivity contribution is 7.84. The molecule has 1 aromatic rings. The van der Waals surface area contributed by atoms with E-state index in [4.69, 9.17) is 5.11 Å². The lowest BCUT2D eigenvalue weighted by molar-refractivity contribution is 0.0697. The zero-order valence-electron chi connectivity index (χ0n) is 11.0. The molecule has 3 N–H and O–H groups in total. The third kappa shape index (κ3) is 4.96. The number of amides is 2. The van der Waals surface area contributed by atoms with E-state index in [2.05, 4.69) is 10.6 Å². The highest BCUT2D eigenvalue weighted by Gasteiger charge is 2.13. The quantitative estimate of drug-likeness (QED) is 0.766. The summed E-state index contributed by atoms with van der Waals surface area (Å²) in [5.74, 6) is -1.69. The van der Waals surface area contributed by atoms with Crippen molar-refractivity contribution in [2.45, 2.75) is 13.0 Å². The van der Waals surface area contributed by atoms with Gasteiger partial charge >= 0.3 is 12.0 Å². The molecule has 0 radical (unpaired) electrons. The van der Waals surface area contributed by atoms with E-state index in [9.17, 15) is 18.2 Å². The number of urea groups is 1. The maximum absolute atomic E-state index is 13.5. The van der Waals surface area contributed by atoms with Crippen LogP contribution in [0.4, 0.5) is 14.9 Å². The van der Waals surface area contributed by atoms with E-state index in [1.807, 2.05) is 0 Å². The Hall–Kier alpha value is -1.96. The topological polar surface area (TPSA) is 95.5 Å². The van der Waals surface area contributed by atoms with Crippen LogP contribution < -0.4 is 10.6 Å². The van der Waals surface area contributed by atoms with Crippen molar-refractivity contribution in [1.29, 1.82) is 0 Å². The molecule has 0 heterocycles. The van der Waals surface area contributed by atoms with E-state index >= 15 is 0 Å². The lowest BCUT2D eigenvalue weighted by Crippen LogP contribution is -2.39. The van der Waals surface area contributed by atoms with Gasteiger partial charge in [-0.15, -0.1) is 0 Å². The second kappa shape index (κ2) is 6.99. The van der Waals surface area contributed by atoms with Gasteiger partial charge < -0.3 is 15.7 Å². The summed E-state index contributed by atoms with van der Waals surface area (Å²) < 4.78 is 24.4. The first-order valence-corrected chi connectivity index (χ1v) is 7.42. The van der Waals surface area contributed by atoms with Crippen LogP contribution in [0.1, 0.15) is 17.3 Å². The summed E-state index contributed by atoms with van der Waals surface area (Å²) in [7, 11) is -1.07. The average molecular weight is 302 g/mol. The molecule has 6 nitrogen and oxygen atoms in total. The highest BCUT2D eigenvalue weighted by Crippen LogP contribution is 2.16. The van der Waals surface area contributed by atoms with Crippen LogP contribution in [0.3, 0.4) is 0 Å². The molecule has 8 heteroatoms. The number of nitrogens with one attached hydrogen (secondary N) is 2. The fraction of sp³-hybridized carbons (Fsp3) is 0.333. The summed E-state index contributed by atoms with van der Waals surface area (Å²) in [5.41, 5.74) is -0.364. The molecular formula is C12H15FN2O4S. The fourth-order valence-corrected chi connectivity index (χ4v) is 2.32. The minimum atomic E-state index is -1.22. The number of benzene rings is 1. The standard InChI is InChI=1S/C12H15FN2O4S/c1-7(6-20(2)19)14-12(18)15-10-5-8(11(16)17)3-4-9(10)13/h3-5,7H,6H2,1-2H3,(H,16,17)(H2,14,15,18). The van der Waals surface area contributed by atoms with Crippen LogP contribution in [0.5, 0.6) is 0 Å². The van der Waals surface area contributed by atoms with Crippen LogP contribution in [0, 0.1) is 5.82 Å². The Kier molecular flexibility index (Phi) is 5.63. The summed E-state index contributed by atoms with van der Waals surface area (Å²) in [4.78, 5) is 22.4. The monoisotopic (exact) mass is 302 g/mol. The van der Waals surface area contributed by atoms with Gasteiger partial charge in [0.05, 0.1) is 11.3 Å². The van der Waals surface area contributed by atoms with Crippen molar-refractivity contribution >= 4 is 28.5 Å². The van der Waals surface area contributed by atoms with Crippen molar-refractivity contribution in [3.05, 3.63) is 29.6 Å². The fourth-order valence-electron chi connectivity index (χ4n) is 1.53. The van der Waals surface area contributed by atoms with Crippen molar-refractivity contribution in [3.8, 4) is 0 Å². The molecular weight excluding hydrogens is 287 g/mol. The Morgan fingerprint density at radius 1 is 1.45 bits per heavy atom. The molecule has 2 unspecified atom stereocenters. The molecule has 0 spiro atoms. The molecule has 1 rings (SSSR count). The number of hydrogen-bond donors (Lipinski definition) is 3. The van der Waals surface area contributed by atoms with E-state index in [1.165, 1.54) is 6.26 Å². The number of carbonyl (C=O) groups excluding carboxylic acids is 1. The maximum atomic E-state index is 13.5. The van der Waals surface area contributed by atoms with Gasteiger partial charge in [0.15, 0.2) is 0 Å². The van der Waals surface area contributed by atoms with Crippen LogP contribution in [-0.4, -0.2) is 39.4 Å². The Morgan fingerprint density at radius 3 is 2.65 bits per heavy atom. The van der Waals surface area contributed by atoms with Crippen LogP contribution in [0.25, 0.3) is 0 Å². The summed E-state index contributed by atoms with van der Waals surface area (Å²) >= 11 is 0. The molecule has 0 bridgehead atoms. The molecule has 0 aromatic heterocycles. The third-order valence-corrected chi connectivity index (χ3v) is 3.29. The van der Waals surface area contributed by atoms with Crippen LogP contribution in [-0.2, 0) is 10.8 Å². The molecule has 0 aliphatic carbocycles. The third-order valence-electron chi connectivity index (χ3n) is 2.32. The Balaban J connectivity index is 2.72. The number of rotatable bonds is 5. The number of aromatic carboxylic acids is 1. The molecule has 0 saturated carbocycles. The Morgan fingerprint density at radius 2 is 2.10 bits per heavy atom. The minimum Gasteiger partial charge on any atom is -0.478 e. The van der Waals surface area contributed by atoms with E-state index in [0.29, 0.717) is 0 Å². The van der Waals surface area contributed by atoms with Gasteiger partial charge in [-0.3, -0.25) is 4.21 Å². The molecule has 2 atom stereocenters. The first-order valence-electron chi connectivity index (χ1n) is 5.70. The molecule has 0 aliphatic heterocycles. The molecule has 0 aliphatic rings. The summed E-state index contributed by atoms with van der Waals surface area (Å²) in [6.07, 6.45) is 1.51. The predicted molar refractivity (Wildman–Crippen MR) is 73.9 cm³/mol. The van der Waals surface area contributed by atoms with Gasteiger partial charge in [0.25, 0.3) is 0 Å². The summed E-state index contributed by atoms with van der Waals surface area (Å²) in [6, 6.07) is 2.04. The molecule has 110 valence electrons. The number of carbonyl (C=O) groups is 2. The minimum absolute atomic E-state index is 0.135. The lowest BCUT2D eigenvalue weighted by atomic mass is 10.2. The largest absolute Gasteiger partial charge is 0.478 e. The molecule has 0 saturated heterocycles. The molecule has 1 aromatic carbocycles. The zero-order chi connectivity index (χ0) is 15.3. The molecule has 2 amide bonds. The summed E-state index contributed by atoms with van der Waals surface area (Å²) in [5, 5.41) is 13.5. The van der Waals surface area contributed by atoms with Crippen molar-refractivity contribution < 1.29 is 23.3 Å². The van der Waals surface area contributed by atoms with Gasteiger partial charge in [-0.2, -0.15) is 0 Å². The first-order chi connectivity index (χ1) is 9.29. The highest BCUT2D eigenvalue weighted by atomic mass is 32.2. The second-order valence-corrected chi connectivity index (χ2v) is 5.72.